The summed E-state index contributed by atoms with van der Waals surface area (Å²) >= 11 is 0. The first-order chi connectivity index (χ1) is 14.7. The number of aliphatic imine (C=N–C) groups is 1. The third-order valence-electron chi connectivity index (χ3n) is 5.33. The van der Waals surface area contributed by atoms with E-state index in [4.69, 9.17) is 0 Å². The van der Waals surface area contributed by atoms with Crippen molar-refractivity contribution in [3.8, 4) is 0 Å². The van der Waals surface area contributed by atoms with Gasteiger partial charge in [0.05, 0.1) is 6.54 Å². The molecule has 4 rings (SSSR count). The fourth-order valence-corrected chi connectivity index (χ4v) is 3.78. The summed E-state index contributed by atoms with van der Waals surface area (Å²) in [5.74, 6) is 1.76. The summed E-state index contributed by atoms with van der Waals surface area (Å²) < 4.78 is 2.16. The number of hydrogen-bond acceptors (Lipinski definition) is 2. The molecule has 0 aliphatic rings. The van der Waals surface area contributed by atoms with E-state index in [-0.39, 0.29) is 24.0 Å². The Morgan fingerprint density at radius 3 is 2.65 bits per heavy atom. The number of para-hydroxylation sites is 1. The molecule has 0 atom stereocenters. The maximum Gasteiger partial charge on any atom is 0.191 e. The first-order valence-corrected chi connectivity index (χ1v) is 10.3. The number of hydrogen-bond donors (Lipinski definition) is 3. The molecule has 0 fully saturated rings. The van der Waals surface area contributed by atoms with Gasteiger partial charge in [-0.25, -0.2) is 4.98 Å². The van der Waals surface area contributed by atoms with Crippen molar-refractivity contribution in [3.05, 3.63) is 89.6 Å². The number of aryl methyl sites for hydroxylation is 1. The minimum absolute atomic E-state index is 0. The zero-order valence-electron chi connectivity index (χ0n) is 17.9. The lowest BCUT2D eigenvalue weighted by atomic mass is 10.1. The molecule has 0 radical (unpaired) electrons. The number of aromatic amines is 1. The Kier molecular flexibility index (Phi) is 8.11. The van der Waals surface area contributed by atoms with Gasteiger partial charge in [-0.3, -0.25) is 4.99 Å². The summed E-state index contributed by atoms with van der Waals surface area (Å²) in [5, 5.41) is 8.09. The van der Waals surface area contributed by atoms with Crippen LogP contribution in [0.2, 0.25) is 0 Å². The van der Waals surface area contributed by atoms with Crippen LogP contribution in [0.15, 0.2) is 72.0 Å². The van der Waals surface area contributed by atoms with E-state index in [0.29, 0.717) is 6.54 Å². The highest BCUT2D eigenvalue weighted by Gasteiger charge is 2.09. The first kappa shape index (κ1) is 22.9. The van der Waals surface area contributed by atoms with Gasteiger partial charge in [-0.15, -0.1) is 24.0 Å². The molecule has 0 unspecified atom stereocenters. The number of nitrogens with one attached hydrogen (secondary N) is 3. The van der Waals surface area contributed by atoms with Crippen LogP contribution < -0.4 is 10.6 Å². The van der Waals surface area contributed by atoms with Crippen LogP contribution in [-0.4, -0.2) is 34.1 Å². The molecule has 0 saturated heterocycles. The van der Waals surface area contributed by atoms with Crippen LogP contribution in [0, 0.1) is 6.92 Å². The predicted octanol–water partition coefficient (Wildman–Crippen LogP) is 4.25. The molecule has 0 aliphatic carbocycles. The molecular weight excluding hydrogens is 499 g/mol. The number of H-pyrrole nitrogens is 1. The smallest absolute Gasteiger partial charge is 0.191 e. The van der Waals surface area contributed by atoms with E-state index in [1.54, 1.807) is 7.05 Å². The number of guanidine groups is 1. The van der Waals surface area contributed by atoms with Crippen molar-refractivity contribution >= 4 is 40.8 Å². The van der Waals surface area contributed by atoms with Crippen molar-refractivity contribution in [1.29, 1.82) is 0 Å². The molecule has 2 heterocycles. The normalized spacial score (nSPS) is 11.4. The lowest BCUT2D eigenvalue weighted by Crippen LogP contribution is -2.38. The Bertz CT molecular complexity index is 1130. The predicted molar refractivity (Wildman–Crippen MR) is 138 cm³/mol. The fourth-order valence-electron chi connectivity index (χ4n) is 3.78. The highest BCUT2D eigenvalue weighted by Crippen LogP contribution is 2.21. The topological polar surface area (TPSA) is 70.0 Å². The Balaban J connectivity index is 0.00000272. The summed E-state index contributed by atoms with van der Waals surface area (Å²) in [6.45, 7) is 4.37. The molecule has 0 bridgehead atoms. The number of imidazole rings is 1. The molecule has 2 aromatic heterocycles. The third-order valence-corrected chi connectivity index (χ3v) is 5.33. The lowest BCUT2D eigenvalue weighted by molar-refractivity contribution is 0.687. The second-order valence-corrected chi connectivity index (χ2v) is 7.33. The van der Waals surface area contributed by atoms with Crippen molar-refractivity contribution in [2.75, 3.05) is 13.6 Å². The average molecular weight is 528 g/mol. The molecule has 2 aromatic carbocycles. The van der Waals surface area contributed by atoms with Crippen LogP contribution in [0.4, 0.5) is 0 Å². The lowest BCUT2D eigenvalue weighted by Gasteiger charge is -2.13. The fraction of sp³-hybridized carbons (Fsp3) is 0.250. The molecule has 7 heteroatoms. The summed E-state index contributed by atoms with van der Waals surface area (Å²) in [6.07, 6.45) is 4.79. The second kappa shape index (κ2) is 11.0. The van der Waals surface area contributed by atoms with E-state index in [0.717, 1.165) is 31.3 Å². The Morgan fingerprint density at radius 1 is 1.06 bits per heavy atom. The monoisotopic (exact) mass is 528 g/mol. The number of fused-ring (bicyclic) bond motifs is 1. The van der Waals surface area contributed by atoms with Gasteiger partial charge in [-0.1, -0.05) is 48.5 Å². The zero-order chi connectivity index (χ0) is 20.8. The highest BCUT2D eigenvalue weighted by atomic mass is 127. The highest BCUT2D eigenvalue weighted by molar-refractivity contribution is 14.0. The number of halogens is 1. The molecule has 4 aromatic rings. The minimum Gasteiger partial charge on any atom is -0.358 e. The van der Waals surface area contributed by atoms with Crippen molar-refractivity contribution in [3.63, 3.8) is 0 Å². The molecular formula is C24H29IN6. The van der Waals surface area contributed by atoms with Gasteiger partial charge in [-0.05, 0) is 30.5 Å². The number of aromatic nitrogens is 3. The zero-order valence-corrected chi connectivity index (χ0v) is 20.3. The summed E-state index contributed by atoms with van der Waals surface area (Å²) in [7, 11) is 1.79. The van der Waals surface area contributed by atoms with E-state index in [9.17, 15) is 0 Å². The maximum atomic E-state index is 4.50. The van der Waals surface area contributed by atoms with Gasteiger partial charge in [-0.2, -0.15) is 0 Å². The molecule has 0 aliphatic heterocycles. The van der Waals surface area contributed by atoms with Crippen LogP contribution in [0.5, 0.6) is 0 Å². The van der Waals surface area contributed by atoms with Crippen molar-refractivity contribution in [2.45, 2.75) is 26.4 Å². The molecule has 31 heavy (non-hydrogen) atoms. The Morgan fingerprint density at radius 2 is 1.84 bits per heavy atom. The van der Waals surface area contributed by atoms with E-state index in [1.165, 1.54) is 27.7 Å². The quantitative estimate of drug-likeness (QED) is 0.191. The van der Waals surface area contributed by atoms with Gasteiger partial charge in [0, 0.05) is 49.1 Å². The Labute approximate surface area is 200 Å². The van der Waals surface area contributed by atoms with Gasteiger partial charge in [0.2, 0.25) is 0 Å². The van der Waals surface area contributed by atoms with E-state index >= 15 is 0 Å². The van der Waals surface area contributed by atoms with Gasteiger partial charge in [0.15, 0.2) is 5.96 Å². The van der Waals surface area contributed by atoms with Gasteiger partial charge in [0.1, 0.15) is 5.82 Å². The molecule has 0 amide bonds. The number of benzene rings is 2. The molecule has 3 N–H and O–H groups in total. The van der Waals surface area contributed by atoms with E-state index < -0.39 is 0 Å². The molecule has 162 valence electrons. The summed E-state index contributed by atoms with van der Waals surface area (Å²) in [5.41, 5.74) is 5.03. The van der Waals surface area contributed by atoms with Crippen LogP contribution in [0.3, 0.4) is 0 Å². The molecule has 0 spiro atoms. The van der Waals surface area contributed by atoms with Gasteiger partial charge >= 0.3 is 0 Å². The van der Waals surface area contributed by atoms with E-state index in [2.05, 4.69) is 85.6 Å². The van der Waals surface area contributed by atoms with Gasteiger partial charge < -0.3 is 20.2 Å². The maximum absolute atomic E-state index is 4.50. The molecule has 0 saturated carbocycles. The summed E-state index contributed by atoms with van der Waals surface area (Å²) in [4.78, 5) is 12.3. The SMILES string of the molecule is CN=C(NCCc1c(C)[nH]c2ccccc12)NCc1nccn1Cc1ccccc1.I. The van der Waals surface area contributed by atoms with Crippen LogP contribution in [0.25, 0.3) is 10.9 Å². The first-order valence-electron chi connectivity index (χ1n) is 10.3. The standard InChI is InChI=1S/C24H28N6.HI/c1-18-20(21-10-6-7-11-22(21)29-18)12-13-27-24(25-2)28-16-23-26-14-15-30(23)17-19-8-4-3-5-9-19;/h3-11,14-15,29H,12-13,16-17H2,1-2H3,(H2,25,27,28);1H. The average Bonchev–Trinajstić information content (AvgIpc) is 3.34. The second-order valence-electron chi connectivity index (χ2n) is 7.33. The largest absolute Gasteiger partial charge is 0.358 e. The van der Waals surface area contributed by atoms with Gasteiger partial charge in [0.25, 0.3) is 0 Å². The van der Waals surface area contributed by atoms with Crippen molar-refractivity contribution < 1.29 is 0 Å². The Hall–Kier alpha value is -2.81. The minimum atomic E-state index is 0. The van der Waals surface area contributed by atoms with Crippen LogP contribution in [0.1, 0.15) is 22.6 Å². The van der Waals surface area contributed by atoms with Crippen molar-refractivity contribution in [1.82, 2.24) is 25.2 Å². The summed E-state index contributed by atoms with van der Waals surface area (Å²) in [6, 6.07) is 18.9. The molecule has 6 nitrogen and oxygen atoms in total. The third kappa shape index (κ3) is 5.66. The van der Waals surface area contributed by atoms with Crippen LogP contribution in [-0.2, 0) is 19.5 Å². The van der Waals surface area contributed by atoms with Crippen molar-refractivity contribution in [2.24, 2.45) is 4.99 Å². The number of rotatable bonds is 7. The van der Waals surface area contributed by atoms with Crippen LogP contribution >= 0.6 is 24.0 Å². The number of nitrogens with zero attached hydrogens (tertiary/aromatic N) is 3. The van der Waals surface area contributed by atoms with E-state index in [1.807, 2.05) is 18.5 Å².